The Morgan fingerprint density at radius 1 is 1.40 bits per heavy atom. The van der Waals surface area contributed by atoms with E-state index in [0.717, 1.165) is 0 Å². The molecule has 0 radical (unpaired) electrons. The molecule has 114 valence electrons. The molecule has 0 unspecified atom stereocenters. The number of thiazole rings is 1. The first-order chi connectivity index (χ1) is 9.07. The quantitative estimate of drug-likeness (QED) is 0.368. The number of fused-ring (bicyclic) bond motifs is 1. The highest BCUT2D eigenvalue weighted by Crippen LogP contribution is 2.47. The molecule has 0 spiro atoms. The predicted molar refractivity (Wildman–Crippen MR) is 73.3 cm³/mol. The van der Waals surface area contributed by atoms with Gasteiger partial charge in [0.2, 0.25) is 5.44 Å². The summed E-state index contributed by atoms with van der Waals surface area (Å²) >= 11 is 1.36. The van der Waals surface area contributed by atoms with Crippen LogP contribution in [0.5, 0.6) is 0 Å². The summed E-state index contributed by atoms with van der Waals surface area (Å²) in [6.45, 7) is 6.12. The maximum Gasteiger partial charge on any atom is 0.397 e. The van der Waals surface area contributed by atoms with E-state index in [0.29, 0.717) is 35.9 Å². The molecule has 0 aromatic carbocycles. The molecule has 2 N–H and O–H groups in total. The van der Waals surface area contributed by atoms with Gasteiger partial charge in [0.1, 0.15) is 0 Å². The Morgan fingerprint density at radius 2 is 2.00 bits per heavy atom. The van der Waals surface area contributed by atoms with Crippen LogP contribution in [-0.4, -0.2) is 22.8 Å². The van der Waals surface area contributed by atoms with Crippen molar-refractivity contribution < 1.29 is 30.7 Å². The van der Waals surface area contributed by atoms with E-state index >= 15 is 0 Å². The van der Waals surface area contributed by atoms with Crippen LogP contribution >= 0.6 is 18.9 Å². The zero-order chi connectivity index (χ0) is 14.0. The van der Waals surface area contributed by atoms with Crippen LogP contribution in [0.3, 0.4) is 0 Å². The van der Waals surface area contributed by atoms with Gasteiger partial charge in [0, 0.05) is 16.9 Å². The molecule has 2 aromatic heterocycles. The molecular formula is C10H18ClN4O3PS. The second kappa shape index (κ2) is 6.87. The molecule has 0 aliphatic rings. The zero-order valence-corrected chi connectivity index (χ0v) is 14.0. The van der Waals surface area contributed by atoms with E-state index in [9.17, 15) is 4.57 Å². The minimum Gasteiger partial charge on any atom is -1.00 e. The van der Waals surface area contributed by atoms with Crippen molar-refractivity contribution in [1.82, 2.24) is 9.61 Å². The Labute approximate surface area is 127 Å². The smallest absolute Gasteiger partial charge is 0.397 e. The van der Waals surface area contributed by atoms with Gasteiger partial charge in [-0.3, -0.25) is 10.4 Å². The average Bonchev–Trinajstić information content (AvgIpc) is 2.91. The first-order valence-corrected chi connectivity index (χ1v) is 8.55. The normalized spacial score (nSPS) is 11.8. The highest BCUT2D eigenvalue weighted by Gasteiger charge is 2.37. The van der Waals surface area contributed by atoms with Gasteiger partial charge in [-0.05, 0) is 13.8 Å². The molecule has 0 amide bonds. The highest BCUT2D eigenvalue weighted by molar-refractivity contribution is 7.62. The van der Waals surface area contributed by atoms with Crippen molar-refractivity contribution in [3.63, 3.8) is 0 Å². The summed E-state index contributed by atoms with van der Waals surface area (Å²) in [5.74, 6) is 6.64. The lowest BCUT2D eigenvalue weighted by atomic mass is 10.5. The lowest BCUT2D eigenvalue weighted by Gasteiger charge is -2.12. The minimum atomic E-state index is -3.34. The second-order valence-electron chi connectivity index (χ2n) is 3.76. The summed E-state index contributed by atoms with van der Waals surface area (Å²) in [4.78, 5) is 0.700. The molecule has 0 aliphatic carbocycles. The molecule has 0 bridgehead atoms. The van der Waals surface area contributed by atoms with Crippen molar-refractivity contribution in [3.05, 3.63) is 11.2 Å². The minimum absolute atomic E-state index is 0. The van der Waals surface area contributed by atoms with Crippen LogP contribution in [0.15, 0.2) is 5.38 Å². The number of aromatic nitrogens is 3. The number of halogens is 1. The van der Waals surface area contributed by atoms with Crippen LogP contribution in [0, 0.1) is 0 Å². The van der Waals surface area contributed by atoms with Gasteiger partial charge in [-0.15, -0.1) is 4.68 Å². The number of hydrogen-bond donors (Lipinski definition) is 1. The SMILES string of the molecule is CCOP(=O)(OCC)c1csc2n1nc(CC)[n+]2N.[Cl-]. The third kappa shape index (κ3) is 2.84. The number of nitrogens with zero attached hydrogens (tertiary/aromatic N) is 3. The standard InChI is InChI=1S/C10H18N4O3PS.ClH/c1-4-8-12-14-9(7-19-10(14)13(8)11)18(15,16-5-2)17-6-3;/h7H,4-6,11H2,1-3H3;1H/q+1;/p-1. The van der Waals surface area contributed by atoms with Gasteiger partial charge in [-0.1, -0.05) is 22.8 Å². The van der Waals surface area contributed by atoms with Crippen molar-refractivity contribution in [2.24, 2.45) is 0 Å². The van der Waals surface area contributed by atoms with Crippen LogP contribution in [0.1, 0.15) is 26.6 Å². The molecule has 0 saturated carbocycles. The van der Waals surface area contributed by atoms with Crippen molar-refractivity contribution in [2.45, 2.75) is 27.2 Å². The first kappa shape index (κ1) is 17.4. The highest BCUT2D eigenvalue weighted by atomic mass is 35.5. The van der Waals surface area contributed by atoms with Crippen molar-refractivity contribution in [3.8, 4) is 0 Å². The number of nitrogens with two attached hydrogens (primary N) is 1. The zero-order valence-electron chi connectivity index (χ0n) is 11.6. The van der Waals surface area contributed by atoms with Crippen LogP contribution in [-0.2, 0) is 20.0 Å². The average molecular weight is 341 g/mol. The van der Waals surface area contributed by atoms with Gasteiger partial charge < -0.3 is 21.5 Å². The summed E-state index contributed by atoms with van der Waals surface area (Å²) in [7, 11) is -3.34. The van der Waals surface area contributed by atoms with Crippen LogP contribution in [0.4, 0.5) is 0 Å². The molecule has 2 rings (SSSR count). The van der Waals surface area contributed by atoms with Crippen LogP contribution < -0.4 is 28.4 Å². The van der Waals surface area contributed by atoms with Crippen LogP contribution in [0.2, 0.25) is 0 Å². The molecule has 0 atom stereocenters. The first-order valence-electron chi connectivity index (χ1n) is 6.13. The number of nitrogen functional groups attached to an aromatic ring is 1. The van der Waals surface area contributed by atoms with E-state index in [-0.39, 0.29) is 12.4 Å². The van der Waals surface area contributed by atoms with Gasteiger partial charge in [0.25, 0.3) is 5.82 Å². The maximum atomic E-state index is 12.8. The van der Waals surface area contributed by atoms with Crippen molar-refractivity contribution in [2.75, 3.05) is 19.1 Å². The molecule has 7 nitrogen and oxygen atoms in total. The lowest BCUT2D eigenvalue weighted by Crippen LogP contribution is -3.00. The van der Waals surface area contributed by atoms with Gasteiger partial charge >= 0.3 is 12.6 Å². The van der Waals surface area contributed by atoms with Crippen LogP contribution in [0.25, 0.3) is 4.96 Å². The summed E-state index contributed by atoms with van der Waals surface area (Å²) in [6.07, 6.45) is 0.692. The van der Waals surface area contributed by atoms with Gasteiger partial charge in [0.05, 0.1) is 13.2 Å². The van der Waals surface area contributed by atoms with Crippen molar-refractivity contribution >= 4 is 29.3 Å². The molecule has 2 aromatic rings. The second-order valence-corrected chi connectivity index (χ2v) is 6.57. The predicted octanol–water partition coefficient (Wildman–Crippen LogP) is -2.15. The maximum absolute atomic E-state index is 12.8. The molecule has 0 aliphatic heterocycles. The fourth-order valence-electron chi connectivity index (χ4n) is 1.76. The topological polar surface area (TPSA) is 82.7 Å². The third-order valence-corrected chi connectivity index (χ3v) is 5.73. The molecule has 0 fully saturated rings. The number of rotatable bonds is 6. The fourth-order valence-corrected chi connectivity index (χ4v) is 4.66. The van der Waals surface area contributed by atoms with Gasteiger partial charge in [-0.2, -0.15) is 0 Å². The monoisotopic (exact) mass is 340 g/mol. The summed E-state index contributed by atoms with van der Waals surface area (Å²) < 4.78 is 26.5. The molecule has 2 heterocycles. The van der Waals surface area contributed by atoms with E-state index in [1.807, 2.05) is 6.92 Å². The van der Waals surface area contributed by atoms with Gasteiger partial charge in [0.15, 0.2) is 0 Å². The molecular weight excluding hydrogens is 323 g/mol. The Kier molecular flexibility index (Phi) is 5.97. The lowest BCUT2D eigenvalue weighted by molar-refractivity contribution is -0.618. The fraction of sp³-hybridized carbons (Fsp3) is 0.600. The van der Waals surface area contributed by atoms with Gasteiger partial charge in [-0.25, -0.2) is 0 Å². The molecule has 10 heteroatoms. The van der Waals surface area contributed by atoms with E-state index in [4.69, 9.17) is 14.9 Å². The summed E-state index contributed by atoms with van der Waals surface area (Å²) in [5, 5.41) is 6.07. The Hall–Kier alpha value is -0.660. The third-order valence-electron chi connectivity index (χ3n) is 2.56. The van der Waals surface area contributed by atoms with E-state index in [1.165, 1.54) is 16.0 Å². The molecule has 0 saturated heterocycles. The number of hydrogen-bond acceptors (Lipinski definition) is 6. The number of aryl methyl sites for hydroxylation is 1. The largest absolute Gasteiger partial charge is 1.00 e. The van der Waals surface area contributed by atoms with E-state index in [2.05, 4.69) is 5.10 Å². The Balaban J connectivity index is 0.00000200. The van der Waals surface area contributed by atoms with E-state index < -0.39 is 7.60 Å². The van der Waals surface area contributed by atoms with E-state index in [1.54, 1.807) is 23.7 Å². The molecule has 20 heavy (non-hydrogen) atoms. The van der Waals surface area contributed by atoms with Crippen molar-refractivity contribution in [1.29, 1.82) is 0 Å². The Morgan fingerprint density at radius 3 is 2.50 bits per heavy atom. The summed E-state index contributed by atoms with van der Waals surface area (Å²) in [6, 6.07) is 0. The summed E-state index contributed by atoms with van der Waals surface area (Å²) in [5.41, 5.74) is 0.426. The Bertz CT molecular complexity index is 619.